The summed E-state index contributed by atoms with van der Waals surface area (Å²) in [5.74, 6) is 0.453. The minimum atomic E-state index is -1.50. The average Bonchev–Trinajstić information content (AvgIpc) is 3.09. The Bertz CT molecular complexity index is 528. The van der Waals surface area contributed by atoms with E-state index in [0.717, 1.165) is 5.56 Å². The van der Waals surface area contributed by atoms with E-state index in [0.29, 0.717) is 10.7 Å². The lowest BCUT2D eigenvalue weighted by Gasteiger charge is -2.12. The third kappa shape index (κ3) is 4.97. The van der Waals surface area contributed by atoms with Crippen molar-refractivity contribution in [3.05, 3.63) is 24.3 Å². The van der Waals surface area contributed by atoms with Crippen molar-refractivity contribution in [3.63, 3.8) is 0 Å². The fourth-order valence-electron chi connectivity index (χ4n) is 1.36. The molecule has 1 aromatic carbocycles. The van der Waals surface area contributed by atoms with E-state index in [1.807, 2.05) is 13.8 Å². The maximum Gasteiger partial charge on any atom is 0.204 e. The molecule has 0 fully saturated rings. The molecule has 1 heterocycles. The quantitative estimate of drug-likeness (QED) is 0.588. The van der Waals surface area contributed by atoms with Gasteiger partial charge in [-0.3, -0.25) is 0 Å². The summed E-state index contributed by atoms with van der Waals surface area (Å²) in [6, 6.07) is 6.12. The van der Waals surface area contributed by atoms with Crippen LogP contribution in [0.5, 0.6) is 0 Å². The van der Waals surface area contributed by atoms with Crippen LogP contribution >= 0.6 is 0 Å². The Morgan fingerprint density at radius 3 is 2.33 bits per heavy atom. The lowest BCUT2D eigenvalue weighted by atomic mass is 10.2. The molecule has 4 N–H and O–H groups in total. The van der Waals surface area contributed by atoms with Gasteiger partial charge in [0.25, 0.3) is 0 Å². The molecule has 0 aliphatic rings. The number of aromatic amines is 1. The largest absolute Gasteiger partial charge is 0.395 e. The van der Waals surface area contributed by atoms with Gasteiger partial charge in [0.15, 0.2) is 0 Å². The van der Waals surface area contributed by atoms with Gasteiger partial charge in [0.2, 0.25) is 5.82 Å². The lowest BCUT2D eigenvalue weighted by Crippen LogP contribution is -2.36. The first-order valence-corrected chi connectivity index (χ1v) is 7.63. The SMILES string of the molecule is CC.O=S(NC(CO)CO)c1ccc(-c2nn[nH]n2)cc1. The van der Waals surface area contributed by atoms with Crippen LogP contribution in [0.3, 0.4) is 0 Å². The first-order valence-electron chi connectivity index (χ1n) is 6.48. The molecule has 0 aliphatic heterocycles. The smallest absolute Gasteiger partial charge is 0.204 e. The highest BCUT2D eigenvalue weighted by Gasteiger charge is 2.11. The lowest BCUT2D eigenvalue weighted by molar-refractivity contribution is 0.186. The van der Waals surface area contributed by atoms with Crippen LogP contribution in [0.1, 0.15) is 13.8 Å². The van der Waals surface area contributed by atoms with E-state index in [1.54, 1.807) is 24.3 Å². The molecular formula is C12H19N5O3S. The van der Waals surface area contributed by atoms with Crippen molar-refractivity contribution in [1.82, 2.24) is 25.3 Å². The number of aromatic nitrogens is 4. The molecular weight excluding hydrogens is 294 g/mol. The van der Waals surface area contributed by atoms with Gasteiger partial charge in [0.05, 0.1) is 24.2 Å². The number of hydrogen-bond acceptors (Lipinski definition) is 6. The topological polar surface area (TPSA) is 124 Å². The van der Waals surface area contributed by atoms with Crippen molar-refractivity contribution in [2.24, 2.45) is 0 Å². The summed E-state index contributed by atoms with van der Waals surface area (Å²) >= 11 is 0. The molecule has 0 aliphatic carbocycles. The van der Waals surface area contributed by atoms with Gasteiger partial charge in [-0.2, -0.15) is 5.21 Å². The molecule has 0 bridgehead atoms. The number of hydrogen-bond donors (Lipinski definition) is 4. The number of nitrogens with zero attached hydrogens (tertiary/aromatic N) is 3. The third-order valence-electron chi connectivity index (χ3n) is 2.39. The zero-order valence-electron chi connectivity index (χ0n) is 11.9. The maximum atomic E-state index is 11.9. The number of aliphatic hydroxyl groups is 2. The standard InChI is InChI=1S/C10H13N5O3S.C2H6/c16-5-8(6-17)13-19(18)9-3-1-7(2-4-9)10-11-14-15-12-10;1-2/h1-4,8,13,16-17H,5-6H2,(H,11,12,14,15);1-2H3. The predicted octanol–water partition coefficient (Wildman–Crippen LogP) is -0.142. The molecule has 21 heavy (non-hydrogen) atoms. The highest BCUT2D eigenvalue weighted by molar-refractivity contribution is 7.83. The summed E-state index contributed by atoms with van der Waals surface area (Å²) < 4.78 is 14.5. The zero-order valence-corrected chi connectivity index (χ0v) is 12.7. The summed E-state index contributed by atoms with van der Waals surface area (Å²) in [6.07, 6.45) is 0. The van der Waals surface area contributed by atoms with Gasteiger partial charge in [0.1, 0.15) is 11.0 Å². The highest BCUT2D eigenvalue weighted by atomic mass is 32.2. The number of aliphatic hydroxyl groups excluding tert-OH is 2. The van der Waals surface area contributed by atoms with E-state index in [1.165, 1.54) is 0 Å². The van der Waals surface area contributed by atoms with Crippen LogP contribution in [0.25, 0.3) is 11.4 Å². The summed E-state index contributed by atoms with van der Waals surface area (Å²) in [5, 5.41) is 31.3. The second-order valence-electron chi connectivity index (χ2n) is 3.71. The zero-order chi connectivity index (χ0) is 15.7. The first-order chi connectivity index (χ1) is 10.2. The van der Waals surface area contributed by atoms with Crippen LogP contribution in [0.15, 0.2) is 29.2 Å². The Morgan fingerprint density at radius 2 is 1.86 bits per heavy atom. The van der Waals surface area contributed by atoms with Crippen LogP contribution < -0.4 is 4.72 Å². The fraction of sp³-hybridized carbons (Fsp3) is 0.417. The molecule has 0 spiro atoms. The number of benzene rings is 1. The summed E-state index contributed by atoms with van der Waals surface area (Å²) in [4.78, 5) is 0.527. The van der Waals surface area contributed by atoms with Crippen LogP contribution in [-0.4, -0.2) is 54.3 Å². The molecule has 9 heteroatoms. The summed E-state index contributed by atoms with van der Waals surface area (Å²) in [6.45, 7) is 3.42. The number of rotatable bonds is 6. The molecule has 116 valence electrons. The van der Waals surface area contributed by atoms with Crippen molar-refractivity contribution < 1.29 is 14.4 Å². The van der Waals surface area contributed by atoms with Gasteiger partial charge in [-0.25, -0.2) is 8.93 Å². The minimum Gasteiger partial charge on any atom is -0.395 e. The summed E-state index contributed by atoms with van der Waals surface area (Å²) in [7, 11) is -1.50. The van der Waals surface area contributed by atoms with Crippen molar-refractivity contribution in [2.75, 3.05) is 13.2 Å². The van der Waals surface area contributed by atoms with Gasteiger partial charge >= 0.3 is 0 Å². The average molecular weight is 313 g/mol. The second kappa shape index (κ2) is 9.29. The van der Waals surface area contributed by atoms with Gasteiger partial charge in [-0.15, -0.1) is 10.2 Å². The molecule has 0 saturated carbocycles. The van der Waals surface area contributed by atoms with E-state index in [2.05, 4.69) is 25.3 Å². The van der Waals surface area contributed by atoms with Gasteiger partial charge in [-0.05, 0) is 29.5 Å². The van der Waals surface area contributed by atoms with Crippen molar-refractivity contribution >= 4 is 11.0 Å². The number of nitrogens with one attached hydrogen (secondary N) is 2. The second-order valence-corrected chi connectivity index (χ2v) is 4.95. The molecule has 1 unspecified atom stereocenters. The van der Waals surface area contributed by atoms with E-state index < -0.39 is 17.0 Å². The summed E-state index contributed by atoms with van der Waals surface area (Å²) in [5.41, 5.74) is 0.746. The van der Waals surface area contributed by atoms with Crippen molar-refractivity contribution in [3.8, 4) is 11.4 Å². The Morgan fingerprint density at radius 1 is 1.24 bits per heavy atom. The van der Waals surface area contributed by atoms with Gasteiger partial charge in [0, 0.05) is 5.56 Å². The van der Waals surface area contributed by atoms with E-state index in [4.69, 9.17) is 10.2 Å². The first kappa shape index (κ1) is 17.4. The Labute approximate surface area is 125 Å². The Kier molecular flexibility index (Phi) is 7.69. The molecule has 8 nitrogen and oxygen atoms in total. The Hall–Kier alpha value is -1.68. The molecule has 0 saturated heterocycles. The normalized spacial score (nSPS) is 11.9. The van der Waals surface area contributed by atoms with Gasteiger partial charge < -0.3 is 10.2 Å². The van der Waals surface area contributed by atoms with Crippen molar-refractivity contribution in [2.45, 2.75) is 24.8 Å². The molecule has 0 amide bonds. The molecule has 2 rings (SSSR count). The molecule has 1 atom stereocenters. The highest BCUT2D eigenvalue weighted by Crippen LogP contribution is 2.15. The van der Waals surface area contributed by atoms with E-state index in [9.17, 15) is 4.21 Å². The third-order valence-corrected chi connectivity index (χ3v) is 3.63. The molecule has 2 aromatic rings. The maximum absolute atomic E-state index is 11.9. The molecule has 0 radical (unpaired) electrons. The monoisotopic (exact) mass is 313 g/mol. The minimum absolute atomic E-state index is 0.289. The predicted molar refractivity (Wildman–Crippen MR) is 78.5 cm³/mol. The van der Waals surface area contributed by atoms with E-state index in [-0.39, 0.29) is 13.2 Å². The fourth-order valence-corrected chi connectivity index (χ4v) is 2.33. The number of H-pyrrole nitrogens is 1. The number of tetrazole rings is 1. The Balaban J connectivity index is 0.00000106. The van der Waals surface area contributed by atoms with Gasteiger partial charge in [-0.1, -0.05) is 13.8 Å². The van der Waals surface area contributed by atoms with Crippen molar-refractivity contribution in [1.29, 1.82) is 0 Å². The van der Waals surface area contributed by atoms with Crippen LogP contribution in [0.4, 0.5) is 0 Å². The van der Waals surface area contributed by atoms with E-state index >= 15 is 0 Å². The van der Waals surface area contributed by atoms with Crippen LogP contribution in [-0.2, 0) is 11.0 Å². The van der Waals surface area contributed by atoms with Crippen LogP contribution in [0.2, 0.25) is 0 Å². The molecule has 1 aromatic heterocycles. The van der Waals surface area contributed by atoms with Crippen LogP contribution in [0, 0.1) is 0 Å².